The summed E-state index contributed by atoms with van der Waals surface area (Å²) in [6.07, 6.45) is 1.90. The smallest absolute Gasteiger partial charge is 0.316 e. The number of phenols is 1. The summed E-state index contributed by atoms with van der Waals surface area (Å²) < 4.78 is 5.42. The molecule has 164 valence electrons. The van der Waals surface area contributed by atoms with Crippen molar-refractivity contribution >= 4 is 5.97 Å². The molecule has 0 radical (unpaired) electrons. The van der Waals surface area contributed by atoms with Crippen molar-refractivity contribution in [3.05, 3.63) is 84.4 Å². The van der Waals surface area contributed by atoms with Gasteiger partial charge < -0.3 is 9.84 Å². The van der Waals surface area contributed by atoms with Crippen LogP contribution in [-0.4, -0.2) is 11.1 Å². The first-order valence-electron chi connectivity index (χ1n) is 10.9. The van der Waals surface area contributed by atoms with Crippen LogP contribution in [0.2, 0.25) is 0 Å². The van der Waals surface area contributed by atoms with E-state index in [1.165, 1.54) is 5.56 Å². The van der Waals surface area contributed by atoms with E-state index in [9.17, 15) is 4.79 Å². The summed E-state index contributed by atoms with van der Waals surface area (Å²) in [5.41, 5.74) is 3.11. The third-order valence-corrected chi connectivity index (χ3v) is 5.68. The summed E-state index contributed by atoms with van der Waals surface area (Å²) in [5, 5.41) is 9.01. The molecule has 3 nitrogen and oxygen atoms in total. The molecule has 31 heavy (non-hydrogen) atoms. The van der Waals surface area contributed by atoms with Gasteiger partial charge in [0.15, 0.2) is 0 Å². The van der Waals surface area contributed by atoms with Crippen molar-refractivity contribution in [2.75, 3.05) is 0 Å². The van der Waals surface area contributed by atoms with E-state index in [2.05, 4.69) is 26.0 Å². The fourth-order valence-corrected chi connectivity index (χ4v) is 2.77. The SMILES string of the molecule is CCC(C)(C)C(=O)Oc1ccc(-c2ccccc2)cc1.CCC(C)c1ccc(O)cc1. The molecule has 1 unspecified atom stereocenters. The molecule has 0 bridgehead atoms. The summed E-state index contributed by atoms with van der Waals surface area (Å²) >= 11 is 0. The fourth-order valence-electron chi connectivity index (χ4n) is 2.77. The topological polar surface area (TPSA) is 46.5 Å². The largest absolute Gasteiger partial charge is 0.508 e. The molecule has 0 spiro atoms. The van der Waals surface area contributed by atoms with Gasteiger partial charge in [-0.25, -0.2) is 0 Å². The quantitative estimate of drug-likeness (QED) is 0.331. The number of carbonyl (C=O) groups is 1. The van der Waals surface area contributed by atoms with Crippen LogP contribution in [0, 0.1) is 5.41 Å². The van der Waals surface area contributed by atoms with Crippen LogP contribution >= 0.6 is 0 Å². The maximum absolute atomic E-state index is 12.0. The number of benzene rings is 3. The molecular weight excluding hydrogens is 384 g/mol. The minimum absolute atomic E-state index is 0.188. The summed E-state index contributed by atoms with van der Waals surface area (Å²) in [6, 6.07) is 25.2. The molecule has 0 aliphatic heterocycles. The molecule has 0 amide bonds. The van der Waals surface area contributed by atoms with Crippen LogP contribution in [0.4, 0.5) is 0 Å². The number of esters is 1. The molecule has 1 N–H and O–H groups in total. The Balaban J connectivity index is 0.000000262. The van der Waals surface area contributed by atoms with E-state index in [1.807, 2.05) is 75.4 Å². The van der Waals surface area contributed by atoms with Crippen LogP contribution in [0.5, 0.6) is 11.5 Å². The summed E-state index contributed by atoms with van der Waals surface area (Å²) in [6.45, 7) is 10.1. The van der Waals surface area contributed by atoms with E-state index < -0.39 is 5.41 Å². The molecule has 0 heterocycles. The maximum atomic E-state index is 12.0. The van der Waals surface area contributed by atoms with E-state index in [1.54, 1.807) is 12.1 Å². The van der Waals surface area contributed by atoms with E-state index >= 15 is 0 Å². The van der Waals surface area contributed by atoms with E-state index in [-0.39, 0.29) is 5.97 Å². The highest BCUT2D eigenvalue weighted by Crippen LogP contribution is 2.26. The Morgan fingerprint density at radius 1 is 0.871 bits per heavy atom. The lowest BCUT2D eigenvalue weighted by atomic mass is 9.91. The van der Waals surface area contributed by atoms with Gasteiger partial charge in [0, 0.05) is 0 Å². The molecule has 0 aliphatic carbocycles. The van der Waals surface area contributed by atoms with Crippen LogP contribution in [-0.2, 0) is 4.79 Å². The summed E-state index contributed by atoms with van der Waals surface area (Å²) in [7, 11) is 0. The standard InChI is InChI=1S/C18H20O2.C10H14O/c1-4-18(2,3)17(19)20-16-12-10-15(11-13-16)14-8-6-5-7-9-14;1-3-8(2)9-4-6-10(11)7-5-9/h5-13H,4H2,1-3H3;4-8,11H,3H2,1-2H3. The number of rotatable bonds is 6. The lowest BCUT2D eigenvalue weighted by molar-refractivity contribution is -0.144. The molecule has 3 rings (SSSR count). The average Bonchev–Trinajstić information content (AvgIpc) is 2.80. The van der Waals surface area contributed by atoms with Crippen LogP contribution < -0.4 is 4.74 Å². The zero-order valence-corrected chi connectivity index (χ0v) is 19.3. The van der Waals surface area contributed by atoms with Gasteiger partial charge in [0.1, 0.15) is 11.5 Å². The van der Waals surface area contributed by atoms with Crippen molar-refractivity contribution in [2.24, 2.45) is 5.41 Å². The normalized spacial score (nSPS) is 11.8. The zero-order chi connectivity index (χ0) is 22.9. The number of phenolic OH excluding ortho intramolecular Hbond substituents is 1. The molecule has 0 saturated carbocycles. The molecule has 0 aliphatic rings. The van der Waals surface area contributed by atoms with Crippen LogP contribution in [0.1, 0.15) is 58.9 Å². The van der Waals surface area contributed by atoms with Gasteiger partial charge in [-0.1, -0.05) is 75.4 Å². The number of hydrogen-bond donors (Lipinski definition) is 1. The molecule has 0 saturated heterocycles. The van der Waals surface area contributed by atoms with Gasteiger partial charge in [-0.2, -0.15) is 0 Å². The van der Waals surface area contributed by atoms with Crippen molar-refractivity contribution in [1.29, 1.82) is 0 Å². The van der Waals surface area contributed by atoms with E-state index in [4.69, 9.17) is 9.84 Å². The number of carbonyl (C=O) groups excluding carboxylic acids is 1. The van der Waals surface area contributed by atoms with E-state index in [0.717, 1.165) is 24.0 Å². The fraction of sp³-hybridized carbons (Fsp3) is 0.321. The second-order valence-corrected chi connectivity index (χ2v) is 8.42. The monoisotopic (exact) mass is 418 g/mol. The van der Waals surface area contributed by atoms with Gasteiger partial charge in [0.25, 0.3) is 0 Å². The lowest BCUT2D eigenvalue weighted by Gasteiger charge is -2.20. The first-order chi connectivity index (χ1) is 14.8. The first-order valence-corrected chi connectivity index (χ1v) is 10.9. The van der Waals surface area contributed by atoms with Gasteiger partial charge >= 0.3 is 5.97 Å². The van der Waals surface area contributed by atoms with E-state index in [0.29, 0.717) is 17.4 Å². The van der Waals surface area contributed by atoms with Gasteiger partial charge in [-0.15, -0.1) is 0 Å². The van der Waals surface area contributed by atoms with Crippen LogP contribution in [0.3, 0.4) is 0 Å². The Hall–Kier alpha value is -3.07. The maximum Gasteiger partial charge on any atom is 0.316 e. The predicted octanol–water partition coefficient (Wildman–Crippen LogP) is 7.60. The molecule has 0 fully saturated rings. The number of ether oxygens (including phenoxy) is 1. The third kappa shape index (κ3) is 7.29. The number of hydrogen-bond acceptors (Lipinski definition) is 3. The van der Waals surface area contributed by atoms with Crippen molar-refractivity contribution in [3.63, 3.8) is 0 Å². The Morgan fingerprint density at radius 3 is 1.94 bits per heavy atom. The Kier molecular flexibility index (Phi) is 8.87. The Morgan fingerprint density at radius 2 is 1.42 bits per heavy atom. The second-order valence-electron chi connectivity index (χ2n) is 8.42. The highest BCUT2D eigenvalue weighted by molar-refractivity contribution is 5.78. The average molecular weight is 419 g/mol. The molecular formula is C28H34O3. The van der Waals surface area contributed by atoms with Gasteiger partial charge in [-0.3, -0.25) is 4.79 Å². The molecule has 3 aromatic carbocycles. The van der Waals surface area contributed by atoms with Crippen molar-refractivity contribution in [3.8, 4) is 22.6 Å². The van der Waals surface area contributed by atoms with Crippen molar-refractivity contribution in [2.45, 2.75) is 53.4 Å². The molecule has 3 aromatic rings. The zero-order valence-electron chi connectivity index (χ0n) is 19.3. The van der Waals surface area contributed by atoms with Gasteiger partial charge in [0.2, 0.25) is 0 Å². The molecule has 0 aromatic heterocycles. The molecule has 1 atom stereocenters. The molecule has 3 heteroatoms. The second kappa shape index (κ2) is 11.4. The van der Waals surface area contributed by atoms with Gasteiger partial charge in [0.05, 0.1) is 5.41 Å². The third-order valence-electron chi connectivity index (χ3n) is 5.68. The lowest BCUT2D eigenvalue weighted by Crippen LogP contribution is -2.28. The predicted molar refractivity (Wildman–Crippen MR) is 128 cm³/mol. The number of aromatic hydroxyl groups is 1. The Labute approximate surface area is 186 Å². The van der Waals surface area contributed by atoms with Crippen LogP contribution in [0.25, 0.3) is 11.1 Å². The Bertz CT molecular complexity index is 926. The summed E-state index contributed by atoms with van der Waals surface area (Å²) in [4.78, 5) is 12.0. The highest BCUT2D eigenvalue weighted by Gasteiger charge is 2.27. The van der Waals surface area contributed by atoms with Gasteiger partial charge in [-0.05, 0) is 73.6 Å². The minimum atomic E-state index is -0.446. The van der Waals surface area contributed by atoms with Crippen molar-refractivity contribution in [1.82, 2.24) is 0 Å². The van der Waals surface area contributed by atoms with Crippen molar-refractivity contribution < 1.29 is 14.6 Å². The minimum Gasteiger partial charge on any atom is -0.508 e. The first kappa shape index (κ1) is 24.2. The summed E-state index contributed by atoms with van der Waals surface area (Å²) in [5.74, 6) is 1.34. The highest BCUT2D eigenvalue weighted by atomic mass is 16.5. The van der Waals surface area contributed by atoms with Crippen LogP contribution in [0.15, 0.2) is 78.9 Å².